The van der Waals surface area contributed by atoms with E-state index in [1.165, 1.54) is 14.2 Å². The highest BCUT2D eigenvalue weighted by Gasteiger charge is 2.06. The minimum Gasteiger partial charge on any atom is -0.467 e. The van der Waals surface area contributed by atoms with Crippen molar-refractivity contribution in [3.63, 3.8) is 0 Å². The Morgan fingerprint density at radius 1 is 1.07 bits per heavy atom. The van der Waals surface area contributed by atoms with Crippen LogP contribution in [0.4, 0.5) is 0 Å². The summed E-state index contributed by atoms with van der Waals surface area (Å²) in [4.78, 5) is 11.5. The van der Waals surface area contributed by atoms with Crippen LogP contribution in [0, 0.1) is 0 Å². The summed E-state index contributed by atoms with van der Waals surface area (Å²) in [5.74, 6) is 0. The number of rotatable bonds is 5. The van der Waals surface area contributed by atoms with Crippen LogP contribution in [0.5, 0.6) is 18.0 Å². The molecule has 0 saturated carbocycles. The zero-order chi connectivity index (χ0) is 10.4. The predicted octanol–water partition coefficient (Wildman–Crippen LogP) is 0.454. The van der Waals surface area contributed by atoms with Crippen molar-refractivity contribution in [2.24, 2.45) is 0 Å². The molecule has 0 aromatic carbocycles. The largest absolute Gasteiger partial charge is 0.467 e. The standard InChI is InChI=1S/C8H11N3O3/c1-4-5-14-8-10-6(12-2)9-7(11-8)13-3/h4H,1,5H2,2-3H3. The summed E-state index contributed by atoms with van der Waals surface area (Å²) in [6.45, 7) is 3.82. The second kappa shape index (κ2) is 5.00. The van der Waals surface area contributed by atoms with Crippen LogP contribution in [0.25, 0.3) is 0 Å². The van der Waals surface area contributed by atoms with Gasteiger partial charge in [0.2, 0.25) is 0 Å². The molecule has 0 bridgehead atoms. The molecular formula is C8H11N3O3. The van der Waals surface area contributed by atoms with E-state index in [0.717, 1.165) is 0 Å². The Balaban J connectivity index is 2.86. The molecule has 0 radical (unpaired) electrons. The molecule has 6 nitrogen and oxygen atoms in total. The Morgan fingerprint density at radius 3 is 2.00 bits per heavy atom. The van der Waals surface area contributed by atoms with E-state index >= 15 is 0 Å². The molecule has 0 N–H and O–H groups in total. The quantitative estimate of drug-likeness (QED) is 0.638. The first kappa shape index (κ1) is 10.2. The van der Waals surface area contributed by atoms with Crippen LogP contribution in [0.2, 0.25) is 0 Å². The van der Waals surface area contributed by atoms with Gasteiger partial charge in [-0.2, -0.15) is 0 Å². The number of methoxy groups -OCH3 is 2. The second-order valence-corrected chi connectivity index (χ2v) is 2.19. The minimum atomic E-state index is 0.147. The third-order valence-corrected chi connectivity index (χ3v) is 1.27. The van der Waals surface area contributed by atoms with Crippen molar-refractivity contribution in [2.45, 2.75) is 0 Å². The lowest BCUT2D eigenvalue weighted by Gasteiger charge is -2.04. The van der Waals surface area contributed by atoms with Crippen LogP contribution in [0.15, 0.2) is 12.7 Å². The zero-order valence-electron chi connectivity index (χ0n) is 8.06. The van der Waals surface area contributed by atoms with Crippen molar-refractivity contribution < 1.29 is 14.2 Å². The minimum absolute atomic E-state index is 0.147. The number of hydrogen-bond acceptors (Lipinski definition) is 6. The predicted molar refractivity (Wildman–Crippen MR) is 48.6 cm³/mol. The summed E-state index contributed by atoms with van der Waals surface area (Å²) in [7, 11) is 2.90. The van der Waals surface area contributed by atoms with E-state index in [2.05, 4.69) is 21.5 Å². The van der Waals surface area contributed by atoms with Gasteiger partial charge in [0.1, 0.15) is 6.61 Å². The molecule has 1 aromatic rings. The fourth-order valence-electron chi connectivity index (χ4n) is 0.701. The average Bonchev–Trinajstić information content (AvgIpc) is 2.25. The Kier molecular flexibility index (Phi) is 3.66. The van der Waals surface area contributed by atoms with Crippen LogP contribution in [-0.2, 0) is 0 Å². The highest BCUT2D eigenvalue weighted by Crippen LogP contribution is 2.13. The summed E-state index contributed by atoms with van der Waals surface area (Å²) in [5, 5.41) is 0. The van der Waals surface area contributed by atoms with Gasteiger partial charge in [-0.3, -0.25) is 0 Å². The molecular weight excluding hydrogens is 186 g/mol. The highest BCUT2D eigenvalue weighted by molar-refractivity contribution is 5.08. The first-order chi connectivity index (χ1) is 6.80. The molecule has 0 aliphatic carbocycles. The molecule has 0 spiro atoms. The lowest BCUT2D eigenvalue weighted by Crippen LogP contribution is -2.03. The maximum absolute atomic E-state index is 5.10. The maximum Gasteiger partial charge on any atom is 0.326 e. The van der Waals surface area contributed by atoms with Crippen molar-refractivity contribution in [2.75, 3.05) is 20.8 Å². The van der Waals surface area contributed by atoms with Crippen molar-refractivity contribution in [1.29, 1.82) is 0 Å². The lowest BCUT2D eigenvalue weighted by atomic mass is 10.7. The molecule has 0 aliphatic heterocycles. The van der Waals surface area contributed by atoms with Gasteiger partial charge in [-0.15, -0.1) is 15.0 Å². The Hall–Kier alpha value is -1.85. The number of aromatic nitrogens is 3. The SMILES string of the molecule is C=CCOc1nc(OC)nc(OC)n1. The topological polar surface area (TPSA) is 66.4 Å². The Morgan fingerprint density at radius 2 is 1.57 bits per heavy atom. The number of hydrogen-bond donors (Lipinski definition) is 0. The van der Waals surface area contributed by atoms with Crippen LogP contribution in [0.1, 0.15) is 0 Å². The molecule has 0 amide bonds. The van der Waals surface area contributed by atoms with E-state index < -0.39 is 0 Å². The van der Waals surface area contributed by atoms with Gasteiger partial charge in [-0.25, -0.2) is 0 Å². The zero-order valence-corrected chi connectivity index (χ0v) is 8.06. The molecule has 1 rings (SSSR count). The fourth-order valence-corrected chi connectivity index (χ4v) is 0.701. The van der Waals surface area contributed by atoms with Gasteiger partial charge < -0.3 is 14.2 Å². The summed E-state index contributed by atoms with van der Waals surface area (Å²) in [5.41, 5.74) is 0. The molecule has 14 heavy (non-hydrogen) atoms. The molecule has 0 aliphatic rings. The normalized spacial score (nSPS) is 9.29. The average molecular weight is 197 g/mol. The van der Waals surface area contributed by atoms with Gasteiger partial charge in [-0.05, 0) is 0 Å². The Bertz CT molecular complexity index is 294. The van der Waals surface area contributed by atoms with Crippen LogP contribution in [-0.4, -0.2) is 35.8 Å². The van der Waals surface area contributed by atoms with E-state index in [9.17, 15) is 0 Å². The highest BCUT2D eigenvalue weighted by atomic mass is 16.5. The second-order valence-electron chi connectivity index (χ2n) is 2.19. The molecule has 0 saturated heterocycles. The van der Waals surface area contributed by atoms with Gasteiger partial charge in [0.15, 0.2) is 0 Å². The molecule has 0 unspecified atom stereocenters. The molecule has 0 atom stereocenters. The van der Waals surface area contributed by atoms with Crippen molar-refractivity contribution in [3.8, 4) is 18.0 Å². The molecule has 0 fully saturated rings. The van der Waals surface area contributed by atoms with E-state index in [4.69, 9.17) is 14.2 Å². The molecule has 1 aromatic heterocycles. The van der Waals surface area contributed by atoms with Crippen LogP contribution >= 0.6 is 0 Å². The van der Waals surface area contributed by atoms with Gasteiger partial charge in [-0.1, -0.05) is 12.7 Å². The molecule has 76 valence electrons. The molecule has 6 heteroatoms. The van der Waals surface area contributed by atoms with Gasteiger partial charge in [0.25, 0.3) is 0 Å². The number of ether oxygens (including phenoxy) is 3. The van der Waals surface area contributed by atoms with Crippen molar-refractivity contribution >= 4 is 0 Å². The third kappa shape index (κ3) is 2.58. The van der Waals surface area contributed by atoms with E-state index in [1.54, 1.807) is 6.08 Å². The van der Waals surface area contributed by atoms with Crippen LogP contribution in [0.3, 0.4) is 0 Å². The summed E-state index contributed by atoms with van der Waals surface area (Å²) in [6.07, 6.45) is 1.59. The van der Waals surface area contributed by atoms with Crippen molar-refractivity contribution in [1.82, 2.24) is 15.0 Å². The van der Waals surface area contributed by atoms with Gasteiger partial charge in [0.05, 0.1) is 14.2 Å². The van der Waals surface area contributed by atoms with E-state index in [1.807, 2.05) is 0 Å². The fraction of sp³-hybridized carbons (Fsp3) is 0.375. The molecule has 1 heterocycles. The maximum atomic E-state index is 5.10. The van der Waals surface area contributed by atoms with Crippen LogP contribution < -0.4 is 14.2 Å². The summed E-state index contributed by atoms with van der Waals surface area (Å²) >= 11 is 0. The Labute approximate surface area is 81.6 Å². The van der Waals surface area contributed by atoms with E-state index in [-0.39, 0.29) is 18.0 Å². The lowest BCUT2D eigenvalue weighted by molar-refractivity contribution is 0.290. The first-order valence-corrected chi connectivity index (χ1v) is 3.88. The summed E-state index contributed by atoms with van der Waals surface area (Å²) < 4.78 is 14.8. The van der Waals surface area contributed by atoms with E-state index in [0.29, 0.717) is 6.61 Å². The number of nitrogens with zero attached hydrogens (tertiary/aromatic N) is 3. The third-order valence-electron chi connectivity index (χ3n) is 1.27. The summed E-state index contributed by atoms with van der Waals surface area (Å²) in [6, 6.07) is 0.445. The van der Waals surface area contributed by atoms with Gasteiger partial charge in [0, 0.05) is 0 Å². The van der Waals surface area contributed by atoms with Crippen molar-refractivity contribution in [3.05, 3.63) is 12.7 Å². The smallest absolute Gasteiger partial charge is 0.326 e. The first-order valence-electron chi connectivity index (χ1n) is 3.88. The monoisotopic (exact) mass is 197 g/mol. The van der Waals surface area contributed by atoms with Gasteiger partial charge >= 0.3 is 18.0 Å².